The highest BCUT2D eigenvalue weighted by molar-refractivity contribution is 6.31. The van der Waals surface area contributed by atoms with Gasteiger partial charge in [0.05, 0.1) is 22.8 Å². The summed E-state index contributed by atoms with van der Waals surface area (Å²) in [4.78, 5) is 39.1. The van der Waals surface area contributed by atoms with E-state index in [0.717, 1.165) is 0 Å². The first-order chi connectivity index (χ1) is 13.8. The molecule has 0 saturated carbocycles. The number of non-ortho nitro benzene ring substituents is 1. The molecule has 1 N–H and O–H groups in total. The normalized spacial score (nSPS) is 16.2. The number of nitro benzene ring substituents is 1. The predicted molar refractivity (Wildman–Crippen MR) is 111 cm³/mol. The summed E-state index contributed by atoms with van der Waals surface area (Å²) in [5, 5.41) is 14.2. The highest BCUT2D eigenvalue weighted by Crippen LogP contribution is 2.31. The fourth-order valence-corrected chi connectivity index (χ4v) is 3.59. The van der Waals surface area contributed by atoms with Crippen LogP contribution in [0.2, 0.25) is 5.02 Å². The van der Waals surface area contributed by atoms with Gasteiger partial charge >= 0.3 is 0 Å². The average Bonchev–Trinajstić information content (AvgIpc) is 2.77. The van der Waals surface area contributed by atoms with E-state index in [2.05, 4.69) is 5.32 Å². The molecule has 1 unspecified atom stereocenters. The van der Waals surface area contributed by atoms with Crippen LogP contribution in [0, 0.1) is 10.1 Å². The molecular weight excluding hydrogens is 396 g/mol. The Morgan fingerprint density at radius 2 is 2.07 bits per heavy atom. The van der Waals surface area contributed by atoms with Crippen LogP contribution in [0.3, 0.4) is 0 Å². The third-order valence-electron chi connectivity index (χ3n) is 4.71. The van der Waals surface area contributed by atoms with Crippen molar-refractivity contribution in [2.45, 2.75) is 25.9 Å². The summed E-state index contributed by atoms with van der Waals surface area (Å²) in [5.41, 5.74) is 1.76. The maximum Gasteiger partial charge on any atom is 0.269 e. The summed E-state index contributed by atoms with van der Waals surface area (Å²) >= 11 is 6.17. The molecule has 2 aromatic carbocycles. The summed E-state index contributed by atoms with van der Waals surface area (Å²) in [6.45, 7) is 2.16. The minimum atomic E-state index is -0.481. The summed E-state index contributed by atoms with van der Waals surface area (Å²) in [6.07, 6.45) is 0.195. The summed E-state index contributed by atoms with van der Waals surface area (Å²) in [5.74, 6) is -0.317. The molecule has 3 rings (SSSR count). The van der Waals surface area contributed by atoms with Gasteiger partial charge in [-0.3, -0.25) is 24.6 Å². The maximum atomic E-state index is 13.1. The Labute approximate surface area is 173 Å². The fraction of sp³-hybridized carbons (Fsp3) is 0.300. The van der Waals surface area contributed by atoms with E-state index in [0.29, 0.717) is 22.0 Å². The Morgan fingerprint density at radius 3 is 2.79 bits per heavy atom. The minimum Gasteiger partial charge on any atom is -0.324 e. The number of para-hydroxylation sites is 2. The molecule has 0 aliphatic carbocycles. The molecule has 9 heteroatoms. The Hall–Kier alpha value is -2.97. The van der Waals surface area contributed by atoms with Crippen molar-refractivity contribution in [3.8, 4) is 0 Å². The van der Waals surface area contributed by atoms with E-state index < -0.39 is 4.92 Å². The van der Waals surface area contributed by atoms with Crippen molar-refractivity contribution in [3.05, 3.63) is 63.2 Å². The van der Waals surface area contributed by atoms with Crippen LogP contribution in [0.15, 0.2) is 42.5 Å². The van der Waals surface area contributed by atoms with E-state index in [1.54, 1.807) is 35.0 Å². The van der Waals surface area contributed by atoms with Crippen LogP contribution in [0.4, 0.5) is 17.1 Å². The SMILES string of the molecule is CC1CC(=O)Nc2ccccc2N1C(=O)CN(C)Cc1cc([N+](=O)[O-])ccc1Cl. The number of anilines is 2. The van der Waals surface area contributed by atoms with Gasteiger partial charge < -0.3 is 10.2 Å². The van der Waals surface area contributed by atoms with Gasteiger partial charge in [0.25, 0.3) is 5.69 Å². The van der Waals surface area contributed by atoms with E-state index in [1.807, 2.05) is 13.0 Å². The van der Waals surface area contributed by atoms with Gasteiger partial charge in [0.2, 0.25) is 11.8 Å². The molecule has 1 aliphatic rings. The molecule has 2 amide bonds. The monoisotopic (exact) mass is 416 g/mol. The van der Waals surface area contributed by atoms with E-state index in [9.17, 15) is 19.7 Å². The zero-order chi connectivity index (χ0) is 21.1. The van der Waals surface area contributed by atoms with Crippen LogP contribution in [-0.4, -0.2) is 41.3 Å². The van der Waals surface area contributed by atoms with E-state index in [1.165, 1.54) is 18.2 Å². The van der Waals surface area contributed by atoms with Crippen molar-refractivity contribution >= 4 is 40.5 Å². The lowest BCUT2D eigenvalue weighted by atomic mass is 10.1. The number of amides is 2. The van der Waals surface area contributed by atoms with E-state index >= 15 is 0 Å². The third-order valence-corrected chi connectivity index (χ3v) is 5.08. The average molecular weight is 417 g/mol. The molecule has 2 aromatic rings. The summed E-state index contributed by atoms with van der Waals surface area (Å²) in [7, 11) is 1.74. The van der Waals surface area contributed by atoms with E-state index in [4.69, 9.17) is 11.6 Å². The van der Waals surface area contributed by atoms with Gasteiger partial charge in [-0.05, 0) is 37.7 Å². The van der Waals surface area contributed by atoms with Crippen molar-refractivity contribution in [2.24, 2.45) is 0 Å². The minimum absolute atomic E-state index is 0.0521. The van der Waals surface area contributed by atoms with Crippen molar-refractivity contribution in [1.82, 2.24) is 4.90 Å². The number of fused-ring (bicyclic) bond motifs is 1. The number of benzene rings is 2. The third kappa shape index (κ3) is 4.72. The molecule has 1 heterocycles. The van der Waals surface area contributed by atoms with Crippen LogP contribution in [-0.2, 0) is 16.1 Å². The van der Waals surface area contributed by atoms with Crippen LogP contribution in [0.1, 0.15) is 18.9 Å². The highest BCUT2D eigenvalue weighted by atomic mass is 35.5. The number of rotatable bonds is 5. The molecule has 0 saturated heterocycles. The second-order valence-corrected chi connectivity index (χ2v) is 7.49. The molecule has 152 valence electrons. The zero-order valence-electron chi connectivity index (χ0n) is 16.1. The van der Waals surface area contributed by atoms with Gasteiger partial charge in [0.1, 0.15) is 0 Å². The molecule has 0 radical (unpaired) electrons. The molecule has 1 aliphatic heterocycles. The van der Waals surface area contributed by atoms with Crippen molar-refractivity contribution in [1.29, 1.82) is 0 Å². The zero-order valence-corrected chi connectivity index (χ0v) is 16.8. The van der Waals surface area contributed by atoms with Gasteiger partial charge in [-0.15, -0.1) is 0 Å². The topological polar surface area (TPSA) is 95.8 Å². The van der Waals surface area contributed by atoms with Crippen LogP contribution in [0.25, 0.3) is 0 Å². The number of carbonyl (C=O) groups is 2. The molecule has 0 bridgehead atoms. The molecule has 1 atom stereocenters. The maximum absolute atomic E-state index is 13.1. The van der Waals surface area contributed by atoms with Gasteiger partial charge in [-0.25, -0.2) is 0 Å². The van der Waals surface area contributed by atoms with Crippen molar-refractivity contribution < 1.29 is 14.5 Å². The lowest BCUT2D eigenvalue weighted by Crippen LogP contribution is -2.44. The van der Waals surface area contributed by atoms with Gasteiger partial charge in [0.15, 0.2) is 0 Å². The smallest absolute Gasteiger partial charge is 0.269 e. The Bertz CT molecular complexity index is 965. The Balaban J connectivity index is 1.78. The van der Waals surface area contributed by atoms with Crippen LogP contribution < -0.4 is 10.2 Å². The predicted octanol–water partition coefficient (Wildman–Crippen LogP) is 3.44. The first-order valence-corrected chi connectivity index (χ1v) is 9.46. The van der Waals surface area contributed by atoms with Gasteiger partial charge in [-0.2, -0.15) is 0 Å². The molecular formula is C20H21ClN4O4. The van der Waals surface area contributed by atoms with Crippen LogP contribution in [0.5, 0.6) is 0 Å². The number of nitrogens with zero attached hydrogens (tertiary/aromatic N) is 3. The number of hydrogen-bond acceptors (Lipinski definition) is 5. The van der Waals surface area contributed by atoms with Crippen molar-refractivity contribution in [3.63, 3.8) is 0 Å². The number of nitro groups is 1. The van der Waals surface area contributed by atoms with E-state index in [-0.39, 0.29) is 43.1 Å². The lowest BCUT2D eigenvalue weighted by molar-refractivity contribution is -0.384. The van der Waals surface area contributed by atoms with Crippen molar-refractivity contribution in [2.75, 3.05) is 23.8 Å². The largest absolute Gasteiger partial charge is 0.324 e. The standard InChI is InChI=1S/C20H21ClN4O4/c1-13-9-19(26)22-17-5-3-4-6-18(17)24(13)20(27)12-23(2)11-14-10-15(25(28)29)7-8-16(14)21/h3-8,10,13H,9,11-12H2,1-2H3,(H,22,26). The molecule has 0 fully saturated rings. The number of hydrogen-bond donors (Lipinski definition) is 1. The fourth-order valence-electron chi connectivity index (χ4n) is 3.42. The summed E-state index contributed by atoms with van der Waals surface area (Å²) < 4.78 is 0. The summed E-state index contributed by atoms with van der Waals surface area (Å²) in [6, 6.07) is 11.1. The number of likely N-dealkylation sites (N-methyl/N-ethyl adjacent to an activating group) is 1. The van der Waals surface area contributed by atoms with Crippen LogP contribution >= 0.6 is 11.6 Å². The molecule has 0 aromatic heterocycles. The number of nitrogens with one attached hydrogen (secondary N) is 1. The van der Waals surface area contributed by atoms with Gasteiger partial charge in [0, 0.05) is 36.2 Å². The highest BCUT2D eigenvalue weighted by Gasteiger charge is 2.30. The first-order valence-electron chi connectivity index (χ1n) is 9.08. The molecule has 29 heavy (non-hydrogen) atoms. The number of halogens is 1. The second-order valence-electron chi connectivity index (χ2n) is 7.09. The number of carbonyl (C=O) groups excluding carboxylic acids is 2. The Kier molecular flexibility index (Phi) is 6.14. The molecule has 0 spiro atoms. The second kappa shape index (κ2) is 8.59. The molecule has 8 nitrogen and oxygen atoms in total. The Morgan fingerprint density at radius 1 is 1.34 bits per heavy atom. The first kappa shape index (κ1) is 20.8. The lowest BCUT2D eigenvalue weighted by Gasteiger charge is -2.29. The quantitative estimate of drug-likeness (QED) is 0.595. The van der Waals surface area contributed by atoms with Gasteiger partial charge in [-0.1, -0.05) is 23.7 Å².